The highest BCUT2D eigenvalue weighted by molar-refractivity contribution is 5.79. The van der Waals surface area contributed by atoms with Gasteiger partial charge < -0.3 is 24.8 Å². The van der Waals surface area contributed by atoms with Gasteiger partial charge in [0, 0.05) is 65.1 Å². The van der Waals surface area contributed by atoms with Gasteiger partial charge in [-0.15, -0.1) is 0 Å². The van der Waals surface area contributed by atoms with Crippen molar-refractivity contribution in [1.82, 2.24) is 20.1 Å². The van der Waals surface area contributed by atoms with E-state index in [4.69, 9.17) is 4.74 Å². The van der Waals surface area contributed by atoms with Crippen molar-refractivity contribution in [2.24, 2.45) is 4.99 Å². The zero-order valence-electron chi connectivity index (χ0n) is 17.9. The van der Waals surface area contributed by atoms with Crippen molar-refractivity contribution in [3.63, 3.8) is 0 Å². The summed E-state index contributed by atoms with van der Waals surface area (Å²) in [6, 6.07) is 12.3. The van der Waals surface area contributed by atoms with Gasteiger partial charge in [0.15, 0.2) is 5.96 Å². The number of pyridine rings is 1. The van der Waals surface area contributed by atoms with Gasteiger partial charge >= 0.3 is 0 Å². The molecule has 0 unspecified atom stereocenters. The van der Waals surface area contributed by atoms with Crippen LogP contribution in [0.5, 0.6) is 5.75 Å². The number of hydrogen-bond donors (Lipinski definition) is 1. The number of rotatable bonds is 6. The molecular formula is C22H32N6O. The Labute approximate surface area is 174 Å². The van der Waals surface area contributed by atoms with Gasteiger partial charge in [-0.2, -0.15) is 0 Å². The number of benzene rings is 1. The first-order valence-electron chi connectivity index (χ1n) is 10.0. The lowest BCUT2D eigenvalue weighted by Crippen LogP contribution is -2.45. The summed E-state index contributed by atoms with van der Waals surface area (Å²) in [7, 11) is 7.71. The second-order valence-electron chi connectivity index (χ2n) is 7.38. The van der Waals surface area contributed by atoms with Gasteiger partial charge in [0.1, 0.15) is 11.6 Å². The molecule has 0 saturated carbocycles. The van der Waals surface area contributed by atoms with Gasteiger partial charge in [-0.3, -0.25) is 4.99 Å². The molecule has 1 N–H and O–H groups in total. The van der Waals surface area contributed by atoms with Crippen LogP contribution in [0.4, 0.5) is 5.82 Å². The third kappa shape index (κ3) is 5.60. The van der Waals surface area contributed by atoms with Crippen molar-refractivity contribution in [3.05, 3.63) is 53.7 Å². The van der Waals surface area contributed by atoms with Crippen molar-refractivity contribution in [1.29, 1.82) is 0 Å². The van der Waals surface area contributed by atoms with E-state index >= 15 is 0 Å². The number of piperazine rings is 1. The molecule has 0 atom stereocenters. The van der Waals surface area contributed by atoms with Crippen LogP contribution in [0.2, 0.25) is 0 Å². The molecular weight excluding hydrogens is 364 g/mol. The van der Waals surface area contributed by atoms with Gasteiger partial charge in [0.2, 0.25) is 0 Å². The first-order chi connectivity index (χ1) is 14.1. The predicted octanol–water partition coefficient (Wildman–Crippen LogP) is 2.05. The maximum absolute atomic E-state index is 5.24. The second-order valence-corrected chi connectivity index (χ2v) is 7.38. The molecule has 156 valence electrons. The third-order valence-corrected chi connectivity index (χ3v) is 5.26. The quantitative estimate of drug-likeness (QED) is 0.596. The Hall–Kier alpha value is -2.80. The SMILES string of the molecule is CN=C(NCc1cccnc1N1CCN(C)CC1)N(C)Cc1ccc(OC)cc1. The summed E-state index contributed by atoms with van der Waals surface area (Å²) in [4.78, 5) is 16.0. The van der Waals surface area contributed by atoms with Gasteiger partial charge in [-0.25, -0.2) is 4.98 Å². The molecule has 1 aromatic carbocycles. The van der Waals surface area contributed by atoms with Gasteiger partial charge in [-0.1, -0.05) is 18.2 Å². The number of nitrogens with zero attached hydrogens (tertiary/aromatic N) is 5. The highest BCUT2D eigenvalue weighted by Gasteiger charge is 2.18. The summed E-state index contributed by atoms with van der Waals surface area (Å²) in [5.74, 6) is 2.79. The molecule has 2 heterocycles. The summed E-state index contributed by atoms with van der Waals surface area (Å²) in [5.41, 5.74) is 2.40. The summed E-state index contributed by atoms with van der Waals surface area (Å²) >= 11 is 0. The lowest BCUT2D eigenvalue weighted by Gasteiger charge is -2.34. The van der Waals surface area contributed by atoms with Crippen LogP contribution < -0.4 is 15.0 Å². The fourth-order valence-electron chi connectivity index (χ4n) is 3.51. The first-order valence-corrected chi connectivity index (χ1v) is 10.0. The minimum atomic E-state index is 0.690. The number of ether oxygens (including phenoxy) is 1. The van der Waals surface area contributed by atoms with Gasteiger partial charge in [0.25, 0.3) is 0 Å². The van der Waals surface area contributed by atoms with E-state index in [1.54, 1.807) is 7.11 Å². The molecule has 0 bridgehead atoms. The highest BCUT2D eigenvalue weighted by Crippen LogP contribution is 2.19. The van der Waals surface area contributed by atoms with E-state index in [1.165, 1.54) is 11.1 Å². The number of hydrogen-bond acceptors (Lipinski definition) is 5. The summed E-state index contributed by atoms with van der Waals surface area (Å²) in [6.07, 6.45) is 1.88. The Balaban J connectivity index is 1.61. The Kier molecular flexibility index (Phi) is 7.30. The fourth-order valence-corrected chi connectivity index (χ4v) is 3.51. The summed E-state index contributed by atoms with van der Waals surface area (Å²) in [6.45, 7) is 5.60. The average molecular weight is 397 g/mol. The third-order valence-electron chi connectivity index (χ3n) is 5.26. The number of aromatic nitrogens is 1. The second kappa shape index (κ2) is 10.1. The van der Waals surface area contributed by atoms with E-state index in [9.17, 15) is 0 Å². The molecule has 7 heteroatoms. The lowest BCUT2D eigenvalue weighted by molar-refractivity contribution is 0.311. The average Bonchev–Trinajstić information content (AvgIpc) is 2.75. The maximum Gasteiger partial charge on any atom is 0.193 e. The molecule has 0 spiro atoms. The number of likely N-dealkylation sites (N-methyl/N-ethyl adjacent to an activating group) is 1. The molecule has 1 aromatic heterocycles. The van der Waals surface area contributed by atoms with E-state index in [0.29, 0.717) is 6.54 Å². The van der Waals surface area contributed by atoms with Gasteiger partial charge in [0.05, 0.1) is 7.11 Å². The molecule has 0 amide bonds. The van der Waals surface area contributed by atoms with Crippen molar-refractivity contribution in [2.75, 3.05) is 59.3 Å². The molecule has 0 radical (unpaired) electrons. The molecule has 2 aromatic rings. The standard InChI is InChI=1S/C22H32N6O/c1-23-22(27(3)17-18-7-9-20(29-4)10-8-18)25-16-19-6-5-11-24-21(19)28-14-12-26(2)13-15-28/h5-11H,12-17H2,1-4H3,(H,23,25). The highest BCUT2D eigenvalue weighted by atomic mass is 16.5. The molecule has 1 fully saturated rings. The van der Waals surface area contributed by atoms with Crippen LogP contribution in [0.1, 0.15) is 11.1 Å². The van der Waals surface area contributed by atoms with Crippen LogP contribution >= 0.6 is 0 Å². The number of methoxy groups -OCH3 is 1. The molecule has 1 aliphatic rings. The van der Waals surface area contributed by atoms with Crippen LogP contribution in [0.25, 0.3) is 0 Å². The van der Waals surface area contributed by atoms with Crippen LogP contribution in [-0.2, 0) is 13.1 Å². The van der Waals surface area contributed by atoms with Crippen molar-refractivity contribution >= 4 is 11.8 Å². The largest absolute Gasteiger partial charge is 0.497 e. The van der Waals surface area contributed by atoms with E-state index in [2.05, 4.69) is 55.2 Å². The smallest absolute Gasteiger partial charge is 0.193 e. The fraction of sp³-hybridized carbons (Fsp3) is 0.455. The molecule has 1 saturated heterocycles. The summed E-state index contributed by atoms with van der Waals surface area (Å²) < 4.78 is 5.24. The van der Waals surface area contributed by atoms with Crippen molar-refractivity contribution in [3.8, 4) is 5.75 Å². The number of anilines is 1. The zero-order chi connectivity index (χ0) is 20.6. The number of aliphatic imine (C=N–C) groups is 1. The van der Waals surface area contributed by atoms with Crippen molar-refractivity contribution < 1.29 is 4.74 Å². The Morgan fingerprint density at radius 3 is 2.55 bits per heavy atom. The zero-order valence-corrected chi connectivity index (χ0v) is 17.9. The first kappa shape index (κ1) is 20.9. The Bertz CT molecular complexity index is 799. The maximum atomic E-state index is 5.24. The predicted molar refractivity (Wildman–Crippen MR) is 119 cm³/mol. The van der Waals surface area contributed by atoms with Crippen LogP contribution in [0.3, 0.4) is 0 Å². The number of nitrogens with one attached hydrogen (secondary N) is 1. The van der Waals surface area contributed by atoms with Gasteiger partial charge in [-0.05, 0) is 30.8 Å². The lowest BCUT2D eigenvalue weighted by atomic mass is 10.2. The Morgan fingerprint density at radius 1 is 1.17 bits per heavy atom. The van der Waals surface area contributed by atoms with E-state index in [-0.39, 0.29) is 0 Å². The normalized spacial score (nSPS) is 15.3. The van der Waals surface area contributed by atoms with E-state index in [1.807, 2.05) is 38.5 Å². The Morgan fingerprint density at radius 2 is 1.90 bits per heavy atom. The molecule has 0 aliphatic carbocycles. The molecule has 29 heavy (non-hydrogen) atoms. The van der Waals surface area contributed by atoms with Crippen molar-refractivity contribution in [2.45, 2.75) is 13.1 Å². The van der Waals surface area contributed by atoms with Crippen LogP contribution in [0, 0.1) is 0 Å². The topological polar surface area (TPSA) is 56.2 Å². The minimum Gasteiger partial charge on any atom is -0.497 e. The molecule has 1 aliphatic heterocycles. The molecule has 7 nitrogen and oxygen atoms in total. The van der Waals surface area contributed by atoms with Crippen LogP contribution in [0.15, 0.2) is 47.6 Å². The minimum absolute atomic E-state index is 0.690. The van der Waals surface area contributed by atoms with Crippen LogP contribution in [-0.4, -0.2) is 75.2 Å². The van der Waals surface area contributed by atoms with E-state index in [0.717, 1.165) is 50.3 Å². The summed E-state index contributed by atoms with van der Waals surface area (Å²) in [5, 5.41) is 3.49. The molecule has 3 rings (SSSR count). The number of guanidine groups is 1. The monoisotopic (exact) mass is 396 g/mol. The van der Waals surface area contributed by atoms with E-state index < -0.39 is 0 Å².